The maximum atomic E-state index is 2.47. The molecule has 0 amide bonds. The van der Waals surface area contributed by atoms with Crippen molar-refractivity contribution in [3.05, 3.63) is 130 Å². The summed E-state index contributed by atoms with van der Waals surface area (Å²) in [7, 11) is 0. The molecule has 1 atom stereocenters. The van der Waals surface area contributed by atoms with Gasteiger partial charge in [-0.3, -0.25) is 0 Å². The lowest BCUT2D eigenvalue weighted by atomic mass is 9.80. The van der Waals surface area contributed by atoms with Gasteiger partial charge in [-0.2, -0.15) is 0 Å². The molecule has 1 heterocycles. The van der Waals surface area contributed by atoms with Crippen molar-refractivity contribution in [2.45, 2.75) is 18.8 Å². The minimum Gasteiger partial charge on any atom is -0.0939 e. The lowest BCUT2D eigenvalue weighted by molar-refractivity contribution is 0.939. The number of hydrogen-bond donors (Lipinski definition) is 0. The van der Waals surface area contributed by atoms with Gasteiger partial charge in [-0.05, 0) is 45.6 Å². The summed E-state index contributed by atoms with van der Waals surface area (Å²) in [4.78, 5) is 2.90. The van der Waals surface area contributed by atoms with Gasteiger partial charge in [0.05, 0.1) is 0 Å². The molecule has 1 unspecified atom stereocenters. The van der Waals surface area contributed by atoms with Crippen LogP contribution in [0.2, 0.25) is 0 Å². The molecule has 0 N–H and O–H groups in total. The second-order valence-corrected chi connectivity index (χ2v) is 8.38. The van der Waals surface area contributed by atoms with Crippen molar-refractivity contribution in [2.24, 2.45) is 0 Å². The molecule has 1 heteroatoms. The van der Waals surface area contributed by atoms with Gasteiger partial charge in [0.25, 0.3) is 0 Å². The van der Waals surface area contributed by atoms with E-state index < -0.39 is 0 Å². The fourth-order valence-corrected chi connectivity index (χ4v) is 5.45. The van der Waals surface area contributed by atoms with Gasteiger partial charge in [-0.1, -0.05) is 115 Å². The Balaban J connectivity index is 1.65. The lowest BCUT2D eigenvalue weighted by Gasteiger charge is -2.32. The van der Waals surface area contributed by atoms with Crippen LogP contribution in [0.15, 0.2) is 114 Å². The summed E-state index contributed by atoms with van der Waals surface area (Å²) < 4.78 is 0. The minimum absolute atomic E-state index is 0.291. The van der Waals surface area contributed by atoms with Crippen LogP contribution in [0.5, 0.6) is 0 Å². The van der Waals surface area contributed by atoms with Crippen LogP contribution in [-0.4, -0.2) is 0 Å². The maximum absolute atomic E-state index is 2.47. The third-order valence-corrected chi connectivity index (χ3v) is 6.74. The SMILES string of the molecule is C1=C(c2ccccc2)SC2=C(C(c3ccccc3)=CCC2)C1c1ccccc1. The van der Waals surface area contributed by atoms with E-state index in [2.05, 4.69) is 103 Å². The van der Waals surface area contributed by atoms with Crippen molar-refractivity contribution in [3.63, 3.8) is 0 Å². The van der Waals surface area contributed by atoms with Gasteiger partial charge < -0.3 is 0 Å². The van der Waals surface area contributed by atoms with Crippen LogP contribution in [0, 0.1) is 0 Å². The largest absolute Gasteiger partial charge is 0.0939 e. The highest BCUT2D eigenvalue weighted by Crippen LogP contribution is 2.53. The number of benzene rings is 3. The molecule has 3 aromatic rings. The Bertz CT molecular complexity index is 1060. The lowest BCUT2D eigenvalue weighted by Crippen LogP contribution is -2.11. The Labute approximate surface area is 171 Å². The fraction of sp³-hybridized carbons (Fsp3) is 0.111. The first-order valence-electron chi connectivity index (χ1n) is 9.89. The molecule has 0 fully saturated rings. The molecule has 136 valence electrons. The molecule has 3 aromatic carbocycles. The van der Waals surface area contributed by atoms with Crippen LogP contribution in [0.1, 0.15) is 35.4 Å². The van der Waals surface area contributed by atoms with E-state index in [0.717, 1.165) is 12.8 Å². The molecule has 5 rings (SSSR count). The van der Waals surface area contributed by atoms with Gasteiger partial charge in [-0.25, -0.2) is 0 Å². The Morgan fingerprint density at radius 3 is 1.96 bits per heavy atom. The van der Waals surface area contributed by atoms with E-state index in [1.165, 1.54) is 37.6 Å². The van der Waals surface area contributed by atoms with Crippen molar-refractivity contribution >= 4 is 22.2 Å². The number of allylic oxidation sites excluding steroid dienone is 5. The molecular formula is C27H22S. The Morgan fingerprint density at radius 2 is 1.29 bits per heavy atom. The monoisotopic (exact) mass is 378 g/mol. The van der Waals surface area contributed by atoms with Crippen molar-refractivity contribution in [1.82, 2.24) is 0 Å². The molecule has 1 aliphatic carbocycles. The highest BCUT2D eigenvalue weighted by atomic mass is 32.2. The summed E-state index contributed by atoms with van der Waals surface area (Å²) in [6.07, 6.45) is 7.14. The molecule has 1 aliphatic heterocycles. The second-order valence-electron chi connectivity index (χ2n) is 7.25. The first-order valence-corrected chi connectivity index (χ1v) is 10.7. The van der Waals surface area contributed by atoms with Gasteiger partial charge in [0.1, 0.15) is 0 Å². The molecule has 28 heavy (non-hydrogen) atoms. The average Bonchev–Trinajstić information content (AvgIpc) is 2.79. The summed E-state index contributed by atoms with van der Waals surface area (Å²) in [5.74, 6) is 0.291. The van der Waals surface area contributed by atoms with Crippen molar-refractivity contribution in [3.8, 4) is 0 Å². The normalized spacial score (nSPS) is 18.9. The maximum Gasteiger partial charge on any atom is 0.0297 e. The van der Waals surface area contributed by atoms with Crippen molar-refractivity contribution < 1.29 is 0 Å². The van der Waals surface area contributed by atoms with Crippen LogP contribution >= 0.6 is 11.8 Å². The molecule has 0 nitrogen and oxygen atoms in total. The van der Waals surface area contributed by atoms with Crippen LogP contribution in [0.4, 0.5) is 0 Å². The average molecular weight is 379 g/mol. The minimum atomic E-state index is 0.291. The number of thioether (sulfide) groups is 1. The van der Waals surface area contributed by atoms with E-state index in [9.17, 15) is 0 Å². The number of hydrogen-bond acceptors (Lipinski definition) is 1. The summed E-state index contributed by atoms with van der Waals surface area (Å²) in [5, 5.41) is 0. The van der Waals surface area contributed by atoms with Gasteiger partial charge in [0, 0.05) is 10.8 Å². The smallest absolute Gasteiger partial charge is 0.0297 e. The van der Waals surface area contributed by atoms with E-state index in [1.54, 1.807) is 0 Å². The third kappa shape index (κ3) is 3.27. The Morgan fingerprint density at radius 1 is 0.679 bits per heavy atom. The highest BCUT2D eigenvalue weighted by molar-refractivity contribution is 8.11. The third-order valence-electron chi connectivity index (χ3n) is 5.47. The quantitative estimate of drug-likeness (QED) is 0.450. The molecule has 0 radical (unpaired) electrons. The predicted octanol–water partition coefficient (Wildman–Crippen LogP) is 7.69. The Kier molecular flexibility index (Phi) is 4.76. The molecular weight excluding hydrogens is 356 g/mol. The van der Waals surface area contributed by atoms with Crippen molar-refractivity contribution in [1.29, 1.82) is 0 Å². The second kappa shape index (κ2) is 7.69. The van der Waals surface area contributed by atoms with Crippen molar-refractivity contribution in [2.75, 3.05) is 0 Å². The van der Waals surface area contributed by atoms with E-state index in [4.69, 9.17) is 0 Å². The van der Waals surface area contributed by atoms with Gasteiger partial charge in [0.15, 0.2) is 0 Å². The molecule has 0 spiro atoms. The molecule has 0 saturated heterocycles. The van der Waals surface area contributed by atoms with Crippen LogP contribution in [0.25, 0.3) is 10.5 Å². The summed E-state index contributed by atoms with van der Waals surface area (Å²) >= 11 is 1.97. The summed E-state index contributed by atoms with van der Waals surface area (Å²) in [5.41, 5.74) is 6.91. The predicted molar refractivity (Wildman–Crippen MR) is 122 cm³/mol. The topological polar surface area (TPSA) is 0 Å². The van der Waals surface area contributed by atoms with Crippen LogP contribution < -0.4 is 0 Å². The standard InChI is InChI=1S/C27H22S/c1-4-11-20(12-5-1)23-17-10-18-25-27(23)24(21-13-6-2-7-14-21)19-26(28-25)22-15-8-3-9-16-22/h1-9,11-17,19,24H,10,18H2. The Hall–Kier alpha value is -2.77. The first kappa shape index (κ1) is 17.3. The van der Waals surface area contributed by atoms with Gasteiger partial charge in [0.2, 0.25) is 0 Å². The van der Waals surface area contributed by atoms with Crippen LogP contribution in [-0.2, 0) is 0 Å². The highest BCUT2D eigenvalue weighted by Gasteiger charge is 2.30. The van der Waals surface area contributed by atoms with Gasteiger partial charge in [-0.15, -0.1) is 0 Å². The van der Waals surface area contributed by atoms with E-state index in [-0.39, 0.29) is 0 Å². The molecule has 0 bridgehead atoms. The summed E-state index contributed by atoms with van der Waals surface area (Å²) in [6, 6.07) is 32.6. The number of rotatable bonds is 3. The molecule has 2 aliphatic rings. The zero-order valence-corrected chi connectivity index (χ0v) is 16.5. The van der Waals surface area contributed by atoms with E-state index >= 15 is 0 Å². The zero-order valence-electron chi connectivity index (χ0n) is 15.7. The molecule has 0 saturated carbocycles. The zero-order chi connectivity index (χ0) is 18.8. The van der Waals surface area contributed by atoms with E-state index in [0.29, 0.717) is 5.92 Å². The van der Waals surface area contributed by atoms with Crippen LogP contribution in [0.3, 0.4) is 0 Å². The first-order chi connectivity index (χ1) is 13.9. The van der Waals surface area contributed by atoms with E-state index in [1.807, 2.05) is 11.8 Å². The molecule has 0 aromatic heterocycles. The van der Waals surface area contributed by atoms with Gasteiger partial charge >= 0.3 is 0 Å². The fourth-order valence-electron chi connectivity index (χ4n) is 4.16. The summed E-state index contributed by atoms with van der Waals surface area (Å²) in [6.45, 7) is 0.